The molecule has 0 unspecified atom stereocenters. The minimum Gasteiger partial charge on any atom is -0.489 e. The second-order valence-electron chi connectivity index (χ2n) is 5.44. The third-order valence-corrected chi connectivity index (χ3v) is 4.00. The molecule has 3 nitrogen and oxygen atoms in total. The first-order valence-corrected chi connectivity index (χ1v) is 7.51. The first kappa shape index (κ1) is 14.0. The van der Waals surface area contributed by atoms with Crippen LogP contribution in [0.1, 0.15) is 18.4 Å². The number of hydrogen-bond acceptors (Lipinski definition) is 3. The molecular weight excluding hydrogens is 262 g/mol. The van der Waals surface area contributed by atoms with Gasteiger partial charge in [0.25, 0.3) is 0 Å². The lowest BCUT2D eigenvalue weighted by Crippen LogP contribution is -2.31. The highest BCUT2D eigenvalue weighted by molar-refractivity contribution is 5.50. The van der Waals surface area contributed by atoms with E-state index in [0.29, 0.717) is 6.61 Å². The Hall–Kier alpha value is -2.00. The highest BCUT2D eigenvalue weighted by Crippen LogP contribution is 2.27. The van der Waals surface area contributed by atoms with Crippen LogP contribution >= 0.6 is 0 Å². The lowest BCUT2D eigenvalue weighted by Gasteiger charge is -2.25. The Bertz CT molecular complexity index is 553. The smallest absolute Gasteiger partial charge is 0.119 e. The maximum absolute atomic E-state index is 9.40. The summed E-state index contributed by atoms with van der Waals surface area (Å²) in [6.45, 7) is 1.84. The maximum atomic E-state index is 9.40. The van der Waals surface area contributed by atoms with Gasteiger partial charge >= 0.3 is 0 Å². The summed E-state index contributed by atoms with van der Waals surface area (Å²) < 4.78 is 5.79. The molecule has 3 rings (SSSR count). The number of benzene rings is 2. The van der Waals surface area contributed by atoms with Crippen molar-refractivity contribution in [1.29, 1.82) is 0 Å². The van der Waals surface area contributed by atoms with E-state index in [2.05, 4.69) is 29.2 Å². The normalized spacial score (nSPS) is 18.0. The summed E-state index contributed by atoms with van der Waals surface area (Å²) in [6, 6.07) is 18.6. The number of nitrogens with zero attached hydrogens (tertiary/aromatic N) is 1. The molecule has 0 aliphatic carbocycles. The maximum Gasteiger partial charge on any atom is 0.119 e. The molecule has 1 heterocycles. The number of anilines is 1. The van der Waals surface area contributed by atoms with Gasteiger partial charge in [0.2, 0.25) is 0 Å². The summed E-state index contributed by atoms with van der Waals surface area (Å²) in [5.41, 5.74) is 2.33. The van der Waals surface area contributed by atoms with Crippen LogP contribution in [-0.4, -0.2) is 24.3 Å². The van der Waals surface area contributed by atoms with Gasteiger partial charge in [0.1, 0.15) is 12.4 Å². The van der Waals surface area contributed by atoms with E-state index >= 15 is 0 Å². The van der Waals surface area contributed by atoms with Gasteiger partial charge in [-0.05, 0) is 42.7 Å². The van der Waals surface area contributed by atoms with E-state index < -0.39 is 0 Å². The number of hydrogen-bond donors (Lipinski definition) is 1. The molecule has 0 bridgehead atoms. The first-order valence-electron chi connectivity index (χ1n) is 7.51. The van der Waals surface area contributed by atoms with Crippen molar-refractivity contribution in [3.8, 4) is 5.75 Å². The molecule has 21 heavy (non-hydrogen) atoms. The Labute approximate surface area is 125 Å². The van der Waals surface area contributed by atoms with Gasteiger partial charge in [0.05, 0.1) is 12.6 Å². The average molecular weight is 283 g/mol. The van der Waals surface area contributed by atoms with Gasteiger partial charge < -0.3 is 14.7 Å². The molecule has 1 saturated heterocycles. The molecular formula is C18H21NO2. The molecule has 110 valence electrons. The molecule has 2 aromatic carbocycles. The Balaban J connectivity index is 1.61. The third-order valence-electron chi connectivity index (χ3n) is 4.00. The molecule has 1 aliphatic heterocycles. The van der Waals surface area contributed by atoms with Crippen LogP contribution in [0.3, 0.4) is 0 Å². The standard InChI is InChI=1S/C18H21NO2/c20-13-17-7-4-12-19(17)16-8-10-18(11-9-16)21-14-15-5-2-1-3-6-15/h1-3,5-6,8-11,17,20H,4,7,12-14H2/t17-/m0/s1. The topological polar surface area (TPSA) is 32.7 Å². The zero-order valence-electron chi connectivity index (χ0n) is 12.1. The molecule has 1 atom stereocenters. The van der Waals surface area contributed by atoms with Gasteiger partial charge in [-0.1, -0.05) is 30.3 Å². The van der Waals surface area contributed by atoms with Gasteiger partial charge in [0.15, 0.2) is 0 Å². The van der Waals surface area contributed by atoms with E-state index in [1.807, 2.05) is 30.3 Å². The van der Waals surface area contributed by atoms with Gasteiger partial charge in [-0.3, -0.25) is 0 Å². The Morgan fingerprint density at radius 2 is 1.81 bits per heavy atom. The predicted octanol–water partition coefficient (Wildman–Crippen LogP) is 3.23. The molecule has 1 aliphatic rings. The molecule has 1 N–H and O–H groups in total. The molecule has 1 fully saturated rings. The van der Waals surface area contributed by atoms with Crippen LogP contribution in [0.2, 0.25) is 0 Å². The van der Waals surface area contributed by atoms with Gasteiger partial charge in [0, 0.05) is 12.2 Å². The fraction of sp³-hybridized carbons (Fsp3) is 0.333. The van der Waals surface area contributed by atoms with Crippen molar-refractivity contribution in [2.75, 3.05) is 18.1 Å². The van der Waals surface area contributed by atoms with E-state index in [4.69, 9.17) is 4.74 Å². The summed E-state index contributed by atoms with van der Waals surface area (Å²) >= 11 is 0. The Morgan fingerprint density at radius 3 is 2.52 bits per heavy atom. The van der Waals surface area contributed by atoms with Crippen LogP contribution in [0, 0.1) is 0 Å². The van der Waals surface area contributed by atoms with Crippen molar-refractivity contribution in [3.05, 3.63) is 60.2 Å². The van der Waals surface area contributed by atoms with E-state index in [0.717, 1.165) is 25.1 Å². The van der Waals surface area contributed by atoms with Crippen molar-refractivity contribution in [1.82, 2.24) is 0 Å². The number of aliphatic hydroxyl groups excluding tert-OH is 1. The Kier molecular flexibility index (Phi) is 4.41. The highest BCUT2D eigenvalue weighted by Gasteiger charge is 2.23. The van der Waals surface area contributed by atoms with Crippen LogP contribution in [0.15, 0.2) is 54.6 Å². The van der Waals surface area contributed by atoms with Crippen LogP contribution in [0.4, 0.5) is 5.69 Å². The number of rotatable bonds is 5. The first-order chi connectivity index (χ1) is 10.4. The molecule has 0 saturated carbocycles. The van der Waals surface area contributed by atoms with Crippen molar-refractivity contribution in [2.45, 2.75) is 25.5 Å². The number of aliphatic hydroxyl groups is 1. The van der Waals surface area contributed by atoms with E-state index in [1.54, 1.807) is 0 Å². The zero-order chi connectivity index (χ0) is 14.5. The van der Waals surface area contributed by atoms with E-state index in [9.17, 15) is 5.11 Å². The molecule has 0 spiro atoms. The van der Waals surface area contributed by atoms with E-state index in [1.165, 1.54) is 11.3 Å². The molecule has 0 amide bonds. The van der Waals surface area contributed by atoms with Crippen LogP contribution in [-0.2, 0) is 6.61 Å². The SMILES string of the molecule is OC[C@@H]1CCCN1c1ccc(OCc2ccccc2)cc1. The molecule has 0 radical (unpaired) electrons. The number of ether oxygens (including phenoxy) is 1. The van der Waals surface area contributed by atoms with Crippen LogP contribution in [0.5, 0.6) is 5.75 Å². The molecule has 3 heteroatoms. The fourth-order valence-corrected chi connectivity index (χ4v) is 2.84. The second kappa shape index (κ2) is 6.64. The van der Waals surface area contributed by atoms with E-state index in [-0.39, 0.29) is 12.6 Å². The van der Waals surface area contributed by atoms with Crippen LogP contribution < -0.4 is 9.64 Å². The fourth-order valence-electron chi connectivity index (χ4n) is 2.84. The van der Waals surface area contributed by atoms with Crippen molar-refractivity contribution in [2.24, 2.45) is 0 Å². The lowest BCUT2D eigenvalue weighted by atomic mass is 10.2. The van der Waals surface area contributed by atoms with Crippen LogP contribution in [0.25, 0.3) is 0 Å². The molecule has 0 aromatic heterocycles. The monoisotopic (exact) mass is 283 g/mol. The zero-order valence-corrected chi connectivity index (χ0v) is 12.1. The minimum atomic E-state index is 0.228. The van der Waals surface area contributed by atoms with Crippen molar-refractivity contribution >= 4 is 5.69 Å². The summed E-state index contributed by atoms with van der Waals surface area (Å²) in [7, 11) is 0. The average Bonchev–Trinajstić information content (AvgIpc) is 3.03. The summed E-state index contributed by atoms with van der Waals surface area (Å²) in [5.74, 6) is 0.877. The summed E-state index contributed by atoms with van der Waals surface area (Å²) in [4.78, 5) is 2.28. The second-order valence-corrected chi connectivity index (χ2v) is 5.44. The van der Waals surface area contributed by atoms with Gasteiger partial charge in [-0.15, -0.1) is 0 Å². The minimum absolute atomic E-state index is 0.228. The predicted molar refractivity (Wildman–Crippen MR) is 84.7 cm³/mol. The Morgan fingerprint density at radius 1 is 1.05 bits per heavy atom. The highest BCUT2D eigenvalue weighted by atomic mass is 16.5. The quantitative estimate of drug-likeness (QED) is 0.914. The molecule has 2 aromatic rings. The van der Waals surface area contributed by atoms with Gasteiger partial charge in [-0.2, -0.15) is 0 Å². The summed E-state index contributed by atoms with van der Waals surface area (Å²) in [5, 5.41) is 9.40. The third kappa shape index (κ3) is 3.37. The van der Waals surface area contributed by atoms with Gasteiger partial charge in [-0.25, -0.2) is 0 Å². The van der Waals surface area contributed by atoms with Crippen molar-refractivity contribution in [3.63, 3.8) is 0 Å². The largest absolute Gasteiger partial charge is 0.489 e. The van der Waals surface area contributed by atoms with Crippen molar-refractivity contribution < 1.29 is 9.84 Å². The lowest BCUT2D eigenvalue weighted by molar-refractivity contribution is 0.266. The summed E-state index contributed by atoms with van der Waals surface area (Å²) in [6.07, 6.45) is 2.22.